The third kappa shape index (κ3) is 2.30. The summed E-state index contributed by atoms with van der Waals surface area (Å²) in [6, 6.07) is 4.13. The molecule has 6 heteroatoms. The first-order valence-electron chi connectivity index (χ1n) is 5.37. The molecule has 1 aliphatic heterocycles. The molecule has 1 aliphatic rings. The maximum absolute atomic E-state index is 11.9. The number of sulfone groups is 1. The summed E-state index contributed by atoms with van der Waals surface area (Å²) in [5, 5.41) is 10.2. The Balaban J connectivity index is 2.51. The zero-order valence-electron chi connectivity index (χ0n) is 9.71. The van der Waals surface area contributed by atoms with Crippen LogP contribution in [0.2, 0.25) is 0 Å². The molecule has 0 fully saturated rings. The third-order valence-corrected chi connectivity index (χ3v) is 5.13. The number of carboxylic acids is 1. The minimum Gasteiger partial charge on any atom is -0.478 e. The molecule has 4 nitrogen and oxygen atoms in total. The van der Waals surface area contributed by atoms with Gasteiger partial charge in [-0.1, -0.05) is 6.92 Å². The predicted octanol–water partition coefficient (Wildman–Crippen LogP) is 2.27. The van der Waals surface area contributed by atoms with E-state index >= 15 is 0 Å². The molecule has 0 spiro atoms. The van der Waals surface area contributed by atoms with E-state index in [-0.39, 0.29) is 10.5 Å². The highest BCUT2D eigenvalue weighted by Gasteiger charge is 2.27. The van der Waals surface area contributed by atoms with E-state index in [2.05, 4.69) is 0 Å². The van der Waals surface area contributed by atoms with Gasteiger partial charge >= 0.3 is 5.97 Å². The van der Waals surface area contributed by atoms with E-state index in [1.54, 1.807) is 11.8 Å². The smallest absolute Gasteiger partial charge is 0.335 e. The van der Waals surface area contributed by atoms with Gasteiger partial charge in [0.2, 0.25) is 9.84 Å². The van der Waals surface area contributed by atoms with Crippen LogP contribution in [-0.2, 0) is 9.84 Å². The Labute approximate surface area is 110 Å². The van der Waals surface area contributed by atoms with Gasteiger partial charge < -0.3 is 5.11 Å². The lowest BCUT2D eigenvalue weighted by molar-refractivity contribution is 0.0696. The molecule has 0 amide bonds. The monoisotopic (exact) mass is 284 g/mol. The summed E-state index contributed by atoms with van der Waals surface area (Å²) in [7, 11) is -3.40. The van der Waals surface area contributed by atoms with E-state index < -0.39 is 15.8 Å². The van der Waals surface area contributed by atoms with Crippen molar-refractivity contribution in [3.8, 4) is 0 Å². The number of benzene rings is 1. The van der Waals surface area contributed by atoms with Crippen molar-refractivity contribution in [3.63, 3.8) is 0 Å². The average Bonchev–Trinajstić information content (AvgIpc) is 2.58. The van der Waals surface area contributed by atoms with Crippen molar-refractivity contribution < 1.29 is 18.3 Å². The van der Waals surface area contributed by atoms with Crippen LogP contribution in [0, 0.1) is 0 Å². The molecule has 0 aromatic heterocycles. The lowest BCUT2D eigenvalue weighted by atomic mass is 10.1. The Bertz CT molecular complexity index is 629. The Morgan fingerprint density at radius 3 is 2.72 bits per heavy atom. The highest BCUT2D eigenvalue weighted by molar-refractivity contribution is 8.00. The second-order valence-electron chi connectivity index (χ2n) is 3.84. The lowest BCUT2D eigenvalue weighted by Crippen LogP contribution is -2.00. The number of carboxylic acid groups (broad SMARTS) is 1. The maximum Gasteiger partial charge on any atom is 0.335 e. The van der Waals surface area contributed by atoms with Gasteiger partial charge in [0, 0.05) is 11.2 Å². The molecule has 2 rings (SSSR count). The van der Waals surface area contributed by atoms with Gasteiger partial charge in [-0.05, 0) is 35.1 Å². The molecule has 96 valence electrons. The van der Waals surface area contributed by atoms with E-state index in [0.29, 0.717) is 16.9 Å². The number of aromatic carboxylic acids is 1. The first-order chi connectivity index (χ1) is 8.45. The maximum atomic E-state index is 11.9. The first kappa shape index (κ1) is 13.2. The number of thioether (sulfide) groups is 1. The average molecular weight is 284 g/mol. The quantitative estimate of drug-likeness (QED) is 0.918. The molecule has 18 heavy (non-hydrogen) atoms. The van der Waals surface area contributed by atoms with E-state index in [0.717, 1.165) is 5.75 Å². The van der Waals surface area contributed by atoms with Crippen LogP contribution in [0.25, 0.3) is 5.57 Å². The predicted molar refractivity (Wildman–Crippen MR) is 71.6 cm³/mol. The largest absolute Gasteiger partial charge is 0.478 e. The number of hydrogen-bond donors (Lipinski definition) is 1. The molecule has 1 heterocycles. The fraction of sp³-hybridized carbons (Fsp3) is 0.250. The van der Waals surface area contributed by atoms with Crippen molar-refractivity contribution in [1.82, 2.24) is 0 Å². The molecule has 0 saturated carbocycles. The lowest BCUT2D eigenvalue weighted by Gasteiger charge is -2.04. The zero-order chi connectivity index (χ0) is 13.3. The van der Waals surface area contributed by atoms with Crippen molar-refractivity contribution in [2.45, 2.75) is 11.8 Å². The van der Waals surface area contributed by atoms with Crippen molar-refractivity contribution in [3.05, 3.63) is 34.7 Å². The highest BCUT2D eigenvalue weighted by atomic mass is 32.2. The van der Waals surface area contributed by atoms with Crippen molar-refractivity contribution >= 4 is 33.1 Å². The Morgan fingerprint density at radius 1 is 1.39 bits per heavy atom. The first-order valence-corrected chi connectivity index (χ1v) is 8.07. The van der Waals surface area contributed by atoms with E-state index in [4.69, 9.17) is 5.11 Å². The van der Waals surface area contributed by atoms with Gasteiger partial charge in [-0.25, -0.2) is 13.2 Å². The van der Waals surface area contributed by atoms with E-state index in [9.17, 15) is 13.2 Å². The second kappa shape index (κ2) is 4.78. The minimum atomic E-state index is -3.40. The zero-order valence-corrected chi connectivity index (χ0v) is 11.3. The summed E-state index contributed by atoms with van der Waals surface area (Å²) >= 11 is 1.60. The van der Waals surface area contributed by atoms with Crippen LogP contribution in [0.4, 0.5) is 0 Å². The fourth-order valence-corrected chi connectivity index (χ4v) is 4.03. The van der Waals surface area contributed by atoms with Gasteiger partial charge in [0.25, 0.3) is 0 Å². The number of fused-ring (bicyclic) bond motifs is 1. The SMILES string of the molecule is CCSCC1=CS(=O)(=O)c2ccc(C(=O)O)cc21. The normalized spacial score (nSPS) is 16.2. The van der Waals surface area contributed by atoms with Crippen LogP contribution in [0.3, 0.4) is 0 Å². The van der Waals surface area contributed by atoms with E-state index in [1.807, 2.05) is 6.92 Å². The number of hydrogen-bond acceptors (Lipinski definition) is 4. The second-order valence-corrected chi connectivity index (χ2v) is 6.88. The fourth-order valence-electron chi connectivity index (χ4n) is 1.80. The standard InChI is InChI=1S/C12H12O4S2/c1-2-17-6-9-7-18(15,16)11-4-3-8(12(13)14)5-10(9)11/h3-5,7H,2,6H2,1H3,(H,13,14). The molecule has 1 aromatic carbocycles. The Kier molecular flexibility index (Phi) is 3.49. The van der Waals surface area contributed by atoms with Gasteiger partial charge in [0.05, 0.1) is 10.5 Å². The number of carbonyl (C=O) groups is 1. The molecule has 0 bridgehead atoms. The van der Waals surface area contributed by atoms with Gasteiger partial charge in [-0.2, -0.15) is 11.8 Å². The van der Waals surface area contributed by atoms with Crippen LogP contribution in [0.1, 0.15) is 22.8 Å². The van der Waals surface area contributed by atoms with Gasteiger partial charge in [0.1, 0.15) is 0 Å². The summed E-state index contributed by atoms with van der Waals surface area (Å²) in [6.45, 7) is 1.99. The van der Waals surface area contributed by atoms with Gasteiger partial charge in [-0.3, -0.25) is 0 Å². The third-order valence-electron chi connectivity index (χ3n) is 2.64. The van der Waals surface area contributed by atoms with Gasteiger partial charge in [-0.15, -0.1) is 0 Å². The van der Waals surface area contributed by atoms with Crippen molar-refractivity contribution in [2.75, 3.05) is 11.5 Å². The molecule has 0 aliphatic carbocycles. The topological polar surface area (TPSA) is 71.4 Å². The van der Waals surface area contributed by atoms with Crippen LogP contribution in [-0.4, -0.2) is 31.0 Å². The van der Waals surface area contributed by atoms with Crippen molar-refractivity contribution in [2.24, 2.45) is 0 Å². The summed E-state index contributed by atoms with van der Waals surface area (Å²) in [4.78, 5) is 11.1. The van der Waals surface area contributed by atoms with Gasteiger partial charge in [0.15, 0.2) is 0 Å². The summed E-state index contributed by atoms with van der Waals surface area (Å²) in [5.74, 6) is 0.404. The van der Waals surface area contributed by atoms with Crippen molar-refractivity contribution in [1.29, 1.82) is 0 Å². The Morgan fingerprint density at radius 2 is 2.11 bits per heavy atom. The van der Waals surface area contributed by atoms with Crippen LogP contribution in [0.15, 0.2) is 28.5 Å². The molecule has 0 saturated heterocycles. The van der Waals surface area contributed by atoms with Crippen LogP contribution >= 0.6 is 11.8 Å². The highest BCUT2D eigenvalue weighted by Crippen LogP contribution is 2.35. The number of rotatable bonds is 4. The summed E-state index contributed by atoms with van der Waals surface area (Å²) in [6.07, 6.45) is 0. The van der Waals surface area contributed by atoms with Crippen LogP contribution < -0.4 is 0 Å². The van der Waals surface area contributed by atoms with E-state index in [1.165, 1.54) is 23.6 Å². The molecular weight excluding hydrogens is 272 g/mol. The minimum absolute atomic E-state index is 0.109. The van der Waals surface area contributed by atoms with Crippen LogP contribution in [0.5, 0.6) is 0 Å². The molecule has 1 N–H and O–H groups in total. The summed E-state index contributed by atoms with van der Waals surface area (Å²) < 4.78 is 23.7. The molecule has 0 atom stereocenters. The molecule has 1 aromatic rings. The summed E-state index contributed by atoms with van der Waals surface area (Å²) in [5.41, 5.74) is 1.31. The molecule has 0 unspecified atom stereocenters. The molecule has 0 radical (unpaired) electrons. The molecular formula is C12H12O4S2. The Hall–Kier alpha value is -1.27.